The van der Waals surface area contributed by atoms with E-state index in [1.807, 2.05) is 0 Å². The molecule has 14 heavy (non-hydrogen) atoms. The van der Waals surface area contributed by atoms with Crippen molar-refractivity contribution in [3.63, 3.8) is 0 Å². The molecule has 1 aliphatic heterocycles. The Morgan fingerprint density at radius 3 is 2.36 bits per heavy atom. The van der Waals surface area contributed by atoms with Crippen molar-refractivity contribution in [3.05, 3.63) is 0 Å². The van der Waals surface area contributed by atoms with Gasteiger partial charge in [-0.25, -0.2) is 0 Å². The third-order valence-corrected chi connectivity index (χ3v) is 3.82. The summed E-state index contributed by atoms with van der Waals surface area (Å²) in [6, 6.07) is 0. The topological polar surface area (TPSA) is 75.3 Å². The average Bonchev–Trinajstić information content (AvgIpc) is 2.15. The molecule has 4 heteroatoms. The van der Waals surface area contributed by atoms with Crippen LogP contribution in [-0.2, 0) is 4.79 Å². The quantitative estimate of drug-likeness (QED) is 0.579. The molecule has 4 nitrogen and oxygen atoms in total. The smallest absolute Gasteiger partial charge is 0.306 e. The molecular formula is C10H18N2O2. The van der Waals surface area contributed by atoms with Gasteiger partial charge in [-0.05, 0) is 50.2 Å². The maximum absolute atomic E-state index is 10.9. The van der Waals surface area contributed by atoms with Crippen molar-refractivity contribution in [2.24, 2.45) is 29.4 Å². The van der Waals surface area contributed by atoms with E-state index in [2.05, 4.69) is 5.32 Å². The van der Waals surface area contributed by atoms with E-state index in [0.29, 0.717) is 24.3 Å². The first kappa shape index (κ1) is 9.93. The summed E-state index contributed by atoms with van der Waals surface area (Å²) in [5.41, 5.74) is 5.74. The number of nitrogens with one attached hydrogen (secondary N) is 1. The second kappa shape index (κ2) is 3.87. The lowest BCUT2D eigenvalue weighted by Gasteiger charge is -2.44. The largest absolute Gasteiger partial charge is 0.481 e. The van der Waals surface area contributed by atoms with Gasteiger partial charge in [0.1, 0.15) is 0 Å². The normalized spacial score (nSPS) is 42.1. The van der Waals surface area contributed by atoms with Gasteiger partial charge in [-0.3, -0.25) is 4.79 Å². The molecular weight excluding hydrogens is 180 g/mol. The van der Waals surface area contributed by atoms with Crippen molar-refractivity contribution in [3.8, 4) is 0 Å². The number of carboxylic acids is 1. The van der Waals surface area contributed by atoms with E-state index in [4.69, 9.17) is 10.8 Å². The molecule has 0 aromatic rings. The molecule has 2 bridgehead atoms. The molecule has 2 aliphatic rings. The third-order valence-electron chi connectivity index (χ3n) is 3.82. The van der Waals surface area contributed by atoms with Crippen LogP contribution in [0.25, 0.3) is 0 Å². The predicted octanol–water partition coefficient (Wildman–Crippen LogP) is -0.109. The van der Waals surface area contributed by atoms with Crippen molar-refractivity contribution >= 4 is 5.97 Å². The fourth-order valence-electron chi connectivity index (χ4n) is 3.07. The second-order valence-electron chi connectivity index (χ2n) is 4.58. The summed E-state index contributed by atoms with van der Waals surface area (Å²) in [6.07, 6.45) is 1.61. The summed E-state index contributed by atoms with van der Waals surface area (Å²) < 4.78 is 0. The van der Waals surface area contributed by atoms with Gasteiger partial charge < -0.3 is 16.2 Å². The summed E-state index contributed by atoms with van der Waals surface area (Å²) in [5, 5.41) is 12.4. The average molecular weight is 198 g/mol. The standard InChI is InChI=1S/C10H18N2O2/c11-3-9-7-1-6(10(13)14)2-8(9)5-12-4-7/h6-9,12H,1-5,11H2,(H,13,14). The van der Waals surface area contributed by atoms with Gasteiger partial charge in [0.25, 0.3) is 0 Å². The Labute approximate surface area is 83.9 Å². The lowest BCUT2D eigenvalue weighted by molar-refractivity contribution is -0.145. The Hall–Kier alpha value is -0.610. The van der Waals surface area contributed by atoms with Gasteiger partial charge >= 0.3 is 5.97 Å². The molecule has 0 radical (unpaired) electrons. The molecule has 1 saturated heterocycles. The third kappa shape index (κ3) is 1.64. The van der Waals surface area contributed by atoms with E-state index in [-0.39, 0.29) is 5.92 Å². The van der Waals surface area contributed by atoms with Crippen LogP contribution >= 0.6 is 0 Å². The molecule has 2 unspecified atom stereocenters. The first-order valence-electron chi connectivity index (χ1n) is 5.36. The van der Waals surface area contributed by atoms with Gasteiger partial charge in [0.05, 0.1) is 5.92 Å². The summed E-state index contributed by atoms with van der Waals surface area (Å²) in [5.74, 6) is 0.751. The zero-order valence-corrected chi connectivity index (χ0v) is 8.28. The summed E-state index contributed by atoms with van der Waals surface area (Å²) in [6.45, 7) is 2.60. The van der Waals surface area contributed by atoms with Crippen LogP contribution in [0.1, 0.15) is 12.8 Å². The minimum atomic E-state index is -0.627. The Morgan fingerprint density at radius 2 is 1.93 bits per heavy atom. The molecule has 0 aromatic carbocycles. The first-order valence-corrected chi connectivity index (χ1v) is 5.36. The van der Waals surface area contributed by atoms with Gasteiger partial charge in [-0.2, -0.15) is 0 Å². The number of aliphatic carboxylic acids is 1. The molecule has 0 aromatic heterocycles. The van der Waals surface area contributed by atoms with E-state index in [1.54, 1.807) is 0 Å². The van der Waals surface area contributed by atoms with Crippen LogP contribution < -0.4 is 11.1 Å². The van der Waals surface area contributed by atoms with Crippen molar-refractivity contribution < 1.29 is 9.90 Å². The summed E-state index contributed by atoms with van der Waals surface area (Å²) in [4.78, 5) is 10.9. The van der Waals surface area contributed by atoms with Crippen molar-refractivity contribution in [2.45, 2.75) is 12.8 Å². The molecule has 4 N–H and O–H groups in total. The second-order valence-corrected chi connectivity index (χ2v) is 4.58. The highest BCUT2D eigenvalue weighted by atomic mass is 16.4. The van der Waals surface area contributed by atoms with E-state index >= 15 is 0 Å². The van der Waals surface area contributed by atoms with Gasteiger partial charge in [0.2, 0.25) is 0 Å². The van der Waals surface area contributed by atoms with Crippen molar-refractivity contribution in [1.29, 1.82) is 0 Å². The number of carbonyl (C=O) groups is 1. The van der Waals surface area contributed by atoms with Crippen molar-refractivity contribution in [2.75, 3.05) is 19.6 Å². The van der Waals surface area contributed by atoms with Crippen LogP contribution in [0.3, 0.4) is 0 Å². The minimum Gasteiger partial charge on any atom is -0.481 e. The molecule has 2 fully saturated rings. The van der Waals surface area contributed by atoms with Gasteiger partial charge in [-0.15, -0.1) is 0 Å². The van der Waals surface area contributed by atoms with Crippen LogP contribution in [0.2, 0.25) is 0 Å². The lowest BCUT2D eigenvalue weighted by Crippen LogP contribution is -2.51. The number of rotatable bonds is 2. The van der Waals surface area contributed by atoms with Crippen LogP contribution in [0.4, 0.5) is 0 Å². The minimum absolute atomic E-state index is 0.130. The van der Waals surface area contributed by atoms with E-state index in [0.717, 1.165) is 25.9 Å². The number of hydrogen-bond donors (Lipinski definition) is 3. The van der Waals surface area contributed by atoms with Crippen LogP contribution in [-0.4, -0.2) is 30.7 Å². The Bertz CT molecular complexity index is 218. The first-order chi connectivity index (χ1) is 6.72. The van der Waals surface area contributed by atoms with Gasteiger partial charge in [-0.1, -0.05) is 0 Å². The molecule has 0 amide bonds. The highest BCUT2D eigenvalue weighted by Crippen LogP contribution is 2.39. The zero-order valence-electron chi connectivity index (χ0n) is 8.28. The molecule has 2 rings (SSSR count). The fraction of sp³-hybridized carbons (Fsp3) is 0.900. The maximum atomic E-state index is 10.9. The number of hydrogen-bond acceptors (Lipinski definition) is 3. The molecule has 1 aliphatic carbocycles. The van der Waals surface area contributed by atoms with E-state index < -0.39 is 5.97 Å². The number of nitrogens with two attached hydrogens (primary N) is 1. The molecule has 2 atom stereocenters. The van der Waals surface area contributed by atoms with Crippen LogP contribution in [0, 0.1) is 23.7 Å². The monoisotopic (exact) mass is 198 g/mol. The lowest BCUT2D eigenvalue weighted by atomic mass is 9.65. The molecule has 80 valence electrons. The number of fused-ring (bicyclic) bond motifs is 2. The maximum Gasteiger partial charge on any atom is 0.306 e. The van der Waals surface area contributed by atoms with E-state index in [9.17, 15) is 4.79 Å². The highest BCUT2D eigenvalue weighted by Gasteiger charge is 2.41. The highest BCUT2D eigenvalue weighted by molar-refractivity contribution is 5.70. The Kier molecular flexibility index (Phi) is 2.74. The van der Waals surface area contributed by atoms with Crippen LogP contribution in [0.15, 0.2) is 0 Å². The Morgan fingerprint density at radius 1 is 1.36 bits per heavy atom. The molecule has 1 heterocycles. The fourth-order valence-corrected chi connectivity index (χ4v) is 3.07. The van der Waals surface area contributed by atoms with Crippen molar-refractivity contribution in [1.82, 2.24) is 5.32 Å². The number of piperidine rings is 1. The van der Waals surface area contributed by atoms with Gasteiger partial charge in [0.15, 0.2) is 0 Å². The number of carboxylic acid groups (broad SMARTS) is 1. The summed E-state index contributed by atoms with van der Waals surface area (Å²) >= 11 is 0. The van der Waals surface area contributed by atoms with Crippen LogP contribution in [0.5, 0.6) is 0 Å². The predicted molar refractivity (Wildman–Crippen MR) is 52.8 cm³/mol. The molecule has 1 saturated carbocycles. The SMILES string of the molecule is NCC1C2CNCC1CC(C(=O)O)C2. The Balaban J connectivity index is 2.08. The summed E-state index contributed by atoms with van der Waals surface area (Å²) in [7, 11) is 0. The van der Waals surface area contributed by atoms with E-state index in [1.165, 1.54) is 0 Å². The van der Waals surface area contributed by atoms with Gasteiger partial charge in [0, 0.05) is 0 Å². The zero-order chi connectivity index (χ0) is 10.1. The molecule has 0 spiro atoms.